The summed E-state index contributed by atoms with van der Waals surface area (Å²) in [6.07, 6.45) is 12.2. The zero-order valence-electron chi connectivity index (χ0n) is 19.2. The second-order valence-electron chi connectivity index (χ2n) is 9.18. The summed E-state index contributed by atoms with van der Waals surface area (Å²) in [6, 6.07) is 2.47. The number of anilines is 1. The largest absolute Gasteiger partial charge is 0.383 e. The molecule has 1 saturated carbocycles. The maximum absolute atomic E-state index is 6.30. The number of thioether (sulfide) groups is 1. The van der Waals surface area contributed by atoms with Crippen molar-refractivity contribution in [3.63, 3.8) is 0 Å². The lowest BCUT2D eigenvalue weighted by Gasteiger charge is -2.34. The van der Waals surface area contributed by atoms with Crippen molar-refractivity contribution < 1.29 is 0 Å². The number of aromatic amines is 1. The van der Waals surface area contributed by atoms with Gasteiger partial charge in [-0.2, -0.15) is 10.1 Å². The lowest BCUT2D eigenvalue weighted by Crippen LogP contribution is -2.35. The predicted molar refractivity (Wildman–Crippen MR) is 136 cm³/mol. The molecule has 0 amide bonds. The first kappa shape index (κ1) is 22.7. The average molecular weight is 487 g/mol. The quantitative estimate of drug-likeness (QED) is 0.315. The van der Waals surface area contributed by atoms with Crippen molar-refractivity contribution in [2.24, 2.45) is 16.8 Å². The Morgan fingerprint density at radius 1 is 1.24 bits per heavy atom. The molecule has 2 aliphatic rings. The number of hydrogen-bond acceptors (Lipinski definition) is 7. The second kappa shape index (κ2) is 9.64. The molecule has 10 heteroatoms. The number of aliphatic imine (C=N–C) groups is 1. The number of nitrogens with zero attached hydrogens (tertiary/aromatic N) is 6. The summed E-state index contributed by atoms with van der Waals surface area (Å²) in [5, 5.41) is 9.16. The van der Waals surface area contributed by atoms with Gasteiger partial charge in [-0.05, 0) is 81.0 Å². The van der Waals surface area contributed by atoms with E-state index in [4.69, 9.17) is 17.3 Å². The maximum atomic E-state index is 6.30. The van der Waals surface area contributed by atoms with Crippen LogP contribution in [0.3, 0.4) is 0 Å². The molecule has 1 aliphatic heterocycles. The number of hydrogen-bond donors (Lipinski definition) is 2. The molecule has 3 aromatic rings. The van der Waals surface area contributed by atoms with E-state index in [0.29, 0.717) is 11.9 Å². The molecular weight excluding hydrogens is 456 g/mol. The molecule has 1 saturated heterocycles. The summed E-state index contributed by atoms with van der Waals surface area (Å²) in [5.74, 6) is 1.96. The zero-order chi connectivity index (χ0) is 22.9. The fourth-order valence-corrected chi connectivity index (χ4v) is 6.51. The van der Waals surface area contributed by atoms with E-state index in [1.807, 2.05) is 19.5 Å². The third-order valence-corrected chi connectivity index (χ3v) is 8.35. The number of aromatic nitrogens is 5. The highest BCUT2D eigenvalue weighted by atomic mass is 35.5. The van der Waals surface area contributed by atoms with E-state index in [1.165, 1.54) is 31.4 Å². The minimum atomic E-state index is 0.198. The van der Waals surface area contributed by atoms with E-state index in [0.717, 1.165) is 59.5 Å². The number of fused-ring (bicyclic) bond motifs is 1. The van der Waals surface area contributed by atoms with Gasteiger partial charge in [-0.1, -0.05) is 0 Å². The van der Waals surface area contributed by atoms with E-state index in [9.17, 15) is 0 Å². The lowest BCUT2D eigenvalue weighted by molar-refractivity contribution is 0.140. The van der Waals surface area contributed by atoms with E-state index in [1.54, 1.807) is 11.8 Å². The fraction of sp³-hybridized carbons (Fsp3) is 0.565. The first-order chi connectivity index (χ1) is 16.1. The van der Waals surface area contributed by atoms with Crippen molar-refractivity contribution in [1.82, 2.24) is 29.6 Å². The van der Waals surface area contributed by atoms with Gasteiger partial charge >= 0.3 is 0 Å². The average Bonchev–Trinajstić information content (AvgIpc) is 3.56. The van der Waals surface area contributed by atoms with E-state index < -0.39 is 0 Å². The Labute approximate surface area is 203 Å². The molecular formula is C23H31ClN8S. The van der Waals surface area contributed by atoms with Crippen LogP contribution in [0.15, 0.2) is 23.5 Å². The Morgan fingerprint density at radius 3 is 2.76 bits per heavy atom. The van der Waals surface area contributed by atoms with Crippen LogP contribution in [0.25, 0.3) is 11.0 Å². The number of rotatable bonds is 5. The van der Waals surface area contributed by atoms with E-state index in [-0.39, 0.29) is 5.28 Å². The van der Waals surface area contributed by atoms with Crippen molar-refractivity contribution in [3.8, 4) is 0 Å². The second-order valence-corrected chi connectivity index (χ2v) is 10.3. The van der Waals surface area contributed by atoms with Crippen LogP contribution in [0.1, 0.15) is 49.4 Å². The number of nitrogen functional groups attached to an aromatic ring is 1. The predicted octanol–water partition coefficient (Wildman–Crippen LogP) is 4.38. The highest BCUT2D eigenvalue weighted by Gasteiger charge is 2.35. The van der Waals surface area contributed by atoms with Gasteiger partial charge in [0, 0.05) is 43.3 Å². The minimum Gasteiger partial charge on any atom is -0.383 e. The Balaban J connectivity index is 1.32. The lowest BCUT2D eigenvalue weighted by atomic mass is 9.83. The molecule has 176 valence electrons. The van der Waals surface area contributed by atoms with Gasteiger partial charge < -0.3 is 10.3 Å². The van der Waals surface area contributed by atoms with Gasteiger partial charge in [0.1, 0.15) is 11.5 Å². The van der Waals surface area contributed by atoms with Gasteiger partial charge in [-0.15, -0.1) is 11.8 Å². The smallest absolute Gasteiger partial charge is 0.226 e. The summed E-state index contributed by atoms with van der Waals surface area (Å²) < 4.78 is 2.29. The zero-order valence-corrected chi connectivity index (χ0v) is 20.7. The van der Waals surface area contributed by atoms with Crippen LogP contribution in [0.2, 0.25) is 5.28 Å². The molecule has 4 heterocycles. The molecule has 0 radical (unpaired) electrons. The minimum absolute atomic E-state index is 0.198. The van der Waals surface area contributed by atoms with Gasteiger partial charge in [-0.3, -0.25) is 15.0 Å². The topological polar surface area (TPSA) is 101 Å². The van der Waals surface area contributed by atoms with E-state index >= 15 is 0 Å². The molecule has 0 spiro atoms. The normalized spacial score (nSPS) is 23.1. The van der Waals surface area contributed by atoms with E-state index in [2.05, 4.69) is 46.9 Å². The summed E-state index contributed by atoms with van der Waals surface area (Å²) in [7, 11) is 1.81. The summed E-state index contributed by atoms with van der Waals surface area (Å²) in [4.78, 5) is 15.8. The monoisotopic (exact) mass is 486 g/mol. The number of piperidine rings is 1. The van der Waals surface area contributed by atoms with Crippen molar-refractivity contribution >= 4 is 45.3 Å². The molecule has 5 rings (SSSR count). The SMILES string of the molecule is CN=C(SC)c1cn(C2CCC(C3CCN(Cc4ccn[nH]4)CC3)C2)c2nc(Cl)nc(N)c12. The molecule has 0 bridgehead atoms. The molecule has 33 heavy (non-hydrogen) atoms. The van der Waals surface area contributed by atoms with Crippen LogP contribution in [0.5, 0.6) is 0 Å². The van der Waals surface area contributed by atoms with Crippen LogP contribution < -0.4 is 5.73 Å². The molecule has 2 fully saturated rings. The molecule has 2 atom stereocenters. The van der Waals surface area contributed by atoms with Gasteiger partial charge in [0.05, 0.1) is 10.4 Å². The van der Waals surface area contributed by atoms with Crippen LogP contribution in [-0.2, 0) is 6.54 Å². The Morgan fingerprint density at radius 2 is 2.06 bits per heavy atom. The van der Waals surface area contributed by atoms with Crippen molar-refractivity contribution in [1.29, 1.82) is 0 Å². The van der Waals surface area contributed by atoms with Crippen molar-refractivity contribution in [2.75, 3.05) is 32.1 Å². The number of nitrogens with one attached hydrogen (secondary N) is 1. The third-order valence-electron chi connectivity index (χ3n) is 7.39. The number of halogens is 1. The van der Waals surface area contributed by atoms with Crippen molar-refractivity contribution in [3.05, 3.63) is 35.0 Å². The number of likely N-dealkylation sites (tertiary alicyclic amines) is 1. The number of H-pyrrole nitrogens is 1. The van der Waals surface area contributed by atoms with Gasteiger partial charge in [0.2, 0.25) is 5.28 Å². The van der Waals surface area contributed by atoms with Gasteiger partial charge in [0.15, 0.2) is 0 Å². The Bertz CT molecular complexity index is 1130. The molecule has 8 nitrogen and oxygen atoms in total. The first-order valence-electron chi connectivity index (χ1n) is 11.6. The summed E-state index contributed by atoms with van der Waals surface area (Å²) in [5.41, 5.74) is 9.33. The maximum Gasteiger partial charge on any atom is 0.226 e. The van der Waals surface area contributed by atoms with Crippen LogP contribution >= 0.6 is 23.4 Å². The highest BCUT2D eigenvalue weighted by molar-refractivity contribution is 8.13. The molecule has 3 aromatic heterocycles. The molecule has 0 aromatic carbocycles. The van der Waals surface area contributed by atoms with Crippen LogP contribution in [-0.4, -0.2) is 61.1 Å². The molecule has 3 N–H and O–H groups in total. The number of nitrogens with two attached hydrogens (primary N) is 1. The fourth-order valence-electron chi connectivity index (χ4n) is 5.78. The van der Waals surface area contributed by atoms with Crippen molar-refractivity contribution in [2.45, 2.75) is 44.7 Å². The molecule has 1 aliphatic carbocycles. The standard InChI is InChI=1S/C23H31ClN8S/c1-26-22(33-2)18-13-32(21-19(18)20(25)28-23(24)29-21)17-4-3-15(11-17)14-6-9-31(10-7-14)12-16-5-8-27-30-16/h5,8,13-15,17H,3-4,6-7,9-12H2,1-2H3,(H,27,30)(H2,25,28,29). The first-order valence-corrected chi connectivity index (χ1v) is 13.2. The third kappa shape index (κ3) is 4.50. The summed E-state index contributed by atoms with van der Waals surface area (Å²) in [6.45, 7) is 3.28. The van der Waals surface area contributed by atoms with Crippen LogP contribution in [0.4, 0.5) is 5.82 Å². The Kier molecular flexibility index (Phi) is 6.62. The summed E-state index contributed by atoms with van der Waals surface area (Å²) >= 11 is 7.83. The highest BCUT2D eigenvalue weighted by Crippen LogP contribution is 2.44. The Hall–Kier alpha value is -2.10. The van der Waals surface area contributed by atoms with Crippen LogP contribution in [0, 0.1) is 11.8 Å². The van der Waals surface area contributed by atoms with Gasteiger partial charge in [0.25, 0.3) is 0 Å². The van der Waals surface area contributed by atoms with Gasteiger partial charge in [-0.25, -0.2) is 4.98 Å². The molecule has 2 unspecified atom stereocenters.